The zero-order valence-electron chi connectivity index (χ0n) is 15.1. The molecule has 2 rings (SSSR count). The van der Waals surface area contributed by atoms with Gasteiger partial charge in [0.2, 0.25) is 0 Å². The molecule has 0 saturated heterocycles. The van der Waals surface area contributed by atoms with Crippen LogP contribution in [0.2, 0.25) is 0 Å². The van der Waals surface area contributed by atoms with Crippen molar-refractivity contribution in [2.45, 2.75) is 59.3 Å². The van der Waals surface area contributed by atoms with Gasteiger partial charge < -0.3 is 10.2 Å². The van der Waals surface area contributed by atoms with E-state index in [1.54, 1.807) is 12.1 Å². The largest absolute Gasteiger partial charge is 0.506 e. The number of hydrogen-bond donors (Lipinski definition) is 2. The number of carboxylic acids is 1. The Kier molecular flexibility index (Phi) is 4.62. The molecule has 1 aliphatic rings. The van der Waals surface area contributed by atoms with E-state index in [9.17, 15) is 19.8 Å². The van der Waals surface area contributed by atoms with Crippen molar-refractivity contribution in [3.05, 3.63) is 40.5 Å². The molecule has 0 unspecified atom stereocenters. The van der Waals surface area contributed by atoms with Crippen LogP contribution in [0.25, 0.3) is 5.76 Å². The van der Waals surface area contributed by atoms with Crippen LogP contribution in [-0.2, 0) is 21.4 Å². The molecule has 24 heavy (non-hydrogen) atoms. The maximum absolute atomic E-state index is 13.0. The van der Waals surface area contributed by atoms with E-state index in [-0.39, 0.29) is 5.41 Å². The number of aliphatic carboxylic acids is 1. The minimum absolute atomic E-state index is 0.0250. The SMILES string of the molecule is CCc1cccc2c1[C@@](C)(CCC(C)(C)C)C(=O)C(C(=O)O)=C2O. The molecule has 0 bridgehead atoms. The van der Waals surface area contributed by atoms with Crippen molar-refractivity contribution < 1.29 is 19.8 Å². The van der Waals surface area contributed by atoms with E-state index in [2.05, 4.69) is 20.8 Å². The zero-order valence-corrected chi connectivity index (χ0v) is 15.1. The highest BCUT2D eigenvalue weighted by Crippen LogP contribution is 2.45. The lowest BCUT2D eigenvalue weighted by molar-refractivity contribution is -0.135. The second-order valence-electron chi connectivity index (χ2n) is 7.94. The van der Waals surface area contributed by atoms with E-state index in [4.69, 9.17) is 0 Å². The van der Waals surface area contributed by atoms with E-state index in [1.807, 2.05) is 19.9 Å². The number of hydrogen-bond acceptors (Lipinski definition) is 3. The van der Waals surface area contributed by atoms with Crippen LogP contribution in [0.15, 0.2) is 23.8 Å². The molecule has 0 fully saturated rings. The second kappa shape index (κ2) is 6.08. The van der Waals surface area contributed by atoms with Gasteiger partial charge >= 0.3 is 5.97 Å². The summed E-state index contributed by atoms with van der Waals surface area (Å²) in [5, 5.41) is 19.9. The van der Waals surface area contributed by atoms with Crippen molar-refractivity contribution in [3.8, 4) is 0 Å². The van der Waals surface area contributed by atoms with Crippen LogP contribution in [0.4, 0.5) is 0 Å². The number of carbonyl (C=O) groups excluding carboxylic acids is 1. The van der Waals surface area contributed by atoms with Gasteiger partial charge in [0.25, 0.3) is 0 Å². The van der Waals surface area contributed by atoms with E-state index in [0.29, 0.717) is 12.0 Å². The second-order valence-corrected chi connectivity index (χ2v) is 7.94. The van der Waals surface area contributed by atoms with E-state index >= 15 is 0 Å². The Bertz CT molecular complexity index is 722. The number of aryl methyl sites for hydroxylation is 1. The lowest BCUT2D eigenvalue weighted by Crippen LogP contribution is -2.41. The third-order valence-corrected chi connectivity index (χ3v) is 4.89. The Morgan fingerprint density at radius 1 is 1.25 bits per heavy atom. The molecule has 0 radical (unpaired) electrons. The highest BCUT2D eigenvalue weighted by Gasteiger charge is 2.47. The third-order valence-electron chi connectivity index (χ3n) is 4.89. The number of rotatable bonds is 4. The number of carboxylic acid groups (broad SMARTS) is 1. The Morgan fingerprint density at radius 2 is 1.88 bits per heavy atom. The van der Waals surface area contributed by atoms with Gasteiger partial charge in [0.1, 0.15) is 11.3 Å². The van der Waals surface area contributed by atoms with Crippen molar-refractivity contribution in [1.29, 1.82) is 0 Å². The maximum Gasteiger partial charge on any atom is 0.343 e. The Balaban J connectivity index is 2.73. The minimum Gasteiger partial charge on any atom is -0.506 e. The molecule has 0 aliphatic heterocycles. The summed E-state index contributed by atoms with van der Waals surface area (Å²) in [5.41, 5.74) is 0.833. The Labute approximate surface area is 143 Å². The van der Waals surface area contributed by atoms with Crippen LogP contribution in [0.3, 0.4) is 0 Å². The predicted molar refractivity (Wildman–Crippen MR) is 94.1 cm³/mol. The highest BCUT2D eigenvalue weighted by atomic mass is 16.4. The maximum atomic E-state index is 13.0. The van der Waals surface area contributed by atoms with Crippen molar-refractivity contribution in [2.75, 3.05) is 0 Å². The molecular weight excluding hydrogens is 304 g/mol. The summed E-state index contributed by atoms with van der Waals surface area (Å²) >= 11 is 0. The Morgan fingerprint density at radius 3 is 2.38 bits per heavy atom. The smallest absolute Gasteiger partial charge is 0.343 e. The first-order valence-electron chi connectivity index (χ1n) is 8.37. The lowest BCUT2D eigenvalue weighted by atomic mass is 9.64. The van der Waals surface area contributed by atoms with Gasteiger partial charge in [0.05, 0.1) is 5.41 Å². The number of benzene rings is 1. The molecule has 0 aromatic heterocycles. The predicted octanol–water partition coefficient (Wildman–Crippen LogP) is 4.27. The summed E-state index contributed by atoms with van der Waals surface area (Å²) in [5.74, 6) is -2.27. The average Bonchev–Trinajstić information content (AvgIpc) is 2.49. The van der Waals surface area contributed by atoms with Gasteiger partial charge in [-0.3, -0.25) is 4.79 Å². The van der Waals surface area contributed by atoms with Crippen LogP contribution >= 0.6 is 0 Å². The number of ketones is 1. The molecule has 0 amide bonds. The van der Waals surface area contributed by atoms with Crippen LogP contribution in [0, 0.1) is 5.41 Å². The molecular formula is C20H26O4. The molecule has 0 heterocycles. The van der Waals surface area contributed by atoms with E-state index < -0.39 is 28.5 Å². The summed E-state index contributed by atoms with van der Waals surface area (Å²) in [6.07, 6.45) is 2.04. The van der Waals surface area contributed by atoms with Crippen molar-refractivity contribution in [2.24, 2.45) is 5.41 Å². The average molecular weight is 330 g/mol. The van der Waals surface area contributed by atoms with Gasteiger partial charge in [-0.2, -0.15) is 0 Å². The van der Waals surface area contributed by atoms with Crippen LogP contribution in [-0.4, -0.2) is 22.0 Å². The molecule has 1 atom stereocenters. The third kappa shape index (κ3) is 2.97. The lowest BCUT2D eigenvalue weighted by Gasteiger charge is -2.37. The number of aliphatic hydroxyl groups excluding tert-OH is 1. The Hall–Kier alpha value is -2.10. The van der Waals surface area contributed by atoms with Gasteiger partial charge in [0, 0.05) is 5.56 Å². The van der Waals surface area contributed by atoms with Crippen LogP contribution in [0.1, 0.15) is 64.2 Å². The standard InChI is InChI=1S/C20H26O4/c1-6-12-8-7-9-13-15(12)20(5,11-10-19(2,3)4)17(22)14(16(13)21)18(23)24/h7-9,21H,6,10-11H2,1-5H3,(H,23,24)/t20-/m1/s1. The highest BCUT2D eigenvalue weighted by molar-refractivity contribution is 6.26. The molecule has 0 saturated carbocycles. The van der Waals surface area contributed by atoms with Gasteiger partial charge in [-0.1, -0.05) is 45.9 Å². The zero-order chi connectivity index (χ0) is 18.3. The first-order chi connectivity index (χ1) is 11.0. The van der Waals surface area contributed by atoms with E-state index in [0.717, 1.165) is 24.0 Å². The molecule has 4 nitrogen and oxygen atoms in total. The van der Waals surface area contributed by atoms with Crippen molar-refractivity contribution in [3.63, 3.8) is 0 Å². The summed E-state index contributed by atoms with van der Waals surface area (Å²) in [6, 6.07) is 5.45. The quantitative estimate of drug-likeness (QED) is 0.809. The number of carbonyl (C=O) groups is 2. The minimum atomic E-state index is -1.37. The van der Waals surface area contributed by atoms with Gasteiger partial charge in [-0.05, 0) is 42.7 Å². The molecule has 1 aliphatic carbocycles. The summed E-state index contributed by atoms with van der Waals surface area (Å²) in [6.45, 7) is 10.1. The molecule has 2 N–H and O–H groups in total. The summed E-state index contributed by atoms with van der Waals surface area (Å²) in [7, 11) is 0. The number of Topliss-reactive ketones (excluding diaryl/α,β-unsaturated/α-hetero) is 1. The first kappa shape index (κ1) is 18.2. The molecule has 0 spiro atoms. The fourth-order valence-corrected chi connectivity index (χ4v) is 3.44. The molecule has 1 aromatic rings. The molecule has 130 valence electrons. The van der Waals surface area contributed by atoms with Gasteiger partial charge in [0.15, 0.2) is 5.78 Å². The van der Waals surface area contributed by atoms with Gasteiger partial charge in [-0.25, -0.2) is 4.79 Å². The van der Waals surface area contributed by atoms with Gasteiger partial charge in [-0.15, -0.1) is 0 Å². The van der Waals surface area contributed by atoms with Crippen molar-refractivity contribution in [1.82, 2.24) is 0 Å². The molecule has 4 heteroatoms. The normalized spacial score (nSPS) is 21.0. The van der Waals surface area contributed by atoms with Crippen molar-refractivity contribution >= 4 is 17.5 Å². The summed E-state index contributed by atoms with van der Waals surface area (Å²) in [4.78, 5) is 24.6. The monoisotopic (exact) mass is 330 g/mol. The number of aliphatic hydroxyl groups is 1. The fraction of sp³-hybridized carbons (Fsp3) is 0.500. The van der Waals surface area contributed by atoms with E-state index in [1.165, 1.54) is 0 Å². The first-order valence-corrected chi connectivity index (χ1v) is 8.37. The number of fused-ring (bicyclic) bond motifs is 1. The van der Waals surface area contributed by atoms with Crippen LogP contribution < -0.4 is 0 Å². The van der Waals surface area contributed by atoms with Crippen LogP contribution in [0.5, 0.6) is 0 Å². The molecule has 1 aromatic carbocycles. The fourth-order valence-electron chi connectivity index (χ4n) is 3.44. The summed E-state index contributed by atoms with van der Waals surface area (Å²) < 4.78 is 0. The topological polar surface area (TPSA) is 74.6 Å².